The number of hydrogen-bond acceptors (Lipinski definition) is 3. The van der Waals surface area contributed by atoms with Gasteiger partial charge in [0.2, 0.25) is 0 Å². The smallest absolute Gasteiger partial charge is 0.266 e. The summed E-state index contributed by atoms with van der Waals surface area (Å²) in [6, 6.07) is 25.6. The van der Waals surface area contributed by atoms with E-state index >= 15 is 0 Å². The Kier molecular flexibility index (Phi) is 5.16. The van der Waals surface area contributed by atoms with Gasteiger partial charge in [0.25, 0.3) is 10.1 Å². The fraction of sp³-hybridized carbons (Fsp3) is 0.167. The lowest BCUT2D eigenvalue weighted by molar-refractivity contribution is 0.312. The third-order valence-electron chi connectivity index (χ3n) is 5.00. The standard InChI is InChI=1S/C24H22O3S/c1-18-12-14-21(15-13-18)28(25,26)27-16-6-11-24-22-9-4-2-7-19(22)17-20-8-3-5-10-23(20)24/h2-5,7-10,12-15,17H,6,11,16H2,1H3. The number of hydrogen-bond donors (Lipinski definition) is 0. The zero-order valence-electron chi connectivity index (χ0n) is 15.8. The number of aryl methyl sites for hydroxylation is 2. The van der Waals surface area contributed by atoms with Gasteiger partial charge in [-0.2, -0.15) is 8.42 Å². The normalized spacial score (nSPS) is 11.9. The lowest BCUT2D eigenvalue weighted by Crippen LogP contribution is -2.08. The molecule has 0 radical (unpaired) electrons. The van der Waals surface area contributed by atoms with Crippen LogP contribution in [-0.4, -0.2) is 15.0 Å². The van der Waals surface area contributed by atoms with E-state index in [1.165, 1.54) is 27.1 Å². The van der Waals surface area contributed by atoms with Crippen LogP contribution in [0.1, 0.15) is 17.5 Å². The van der Waals surface area contributed by atoms with E-state index in [0.717, 1.165) is 12.0 Å². The molecule has 4 aromatic rings. The zero-order chi connectivity index (χ0) is 19.6. The first-order valence-electron chi connectivity index (χ1n) is 9.40. The van der Waals surface area contributed by atoms with E-state index in [0.29, 0.717) is 6.42 Å². The van der Waals surface area contributed by atoms with Crippen LogP contribution in [0, 0.1) is 6.92 Å². The molecule has 0 spiro atoms. The van der Waals surface area contributed by atoms with Crippen molar-refractivity contribution in [2.24, 2.45) is 0 Å². The summed E-state index contributed by atoms with van der Waals surface area (Å²) < 4.78 is 30.0. The SMILES string of the molecule is Cc1ccc(S(=O)(=O)OCCCc2c3ccccc3cc3ccccc23)cc1. The second-order valence-electron chi connectivity index (χ2n) is 6.99. The largest absolute Gasteiger partial charge is 0.296 e. The molecule has 0 amide bonds. The quantitative estimate of drug-likeness (QED) is 0.243. The molecule has 4 rings (SSSR count). The maximum atomic E-state index is 12.4. The van der Waals surface area contributed by atoms with Crippen LogP contribution < -0.4 is 0 Å². The molecular weight excluding hydrogens is 368 g/mol. The molecule has 0 aromatic heterocycles. The van der Waals surface area contributed by atoms with Crippen LogP contribution in [0.4, 0.5) is 0 Å². The number of benzene rings is 4. The maximum Gasteiger partial charge on any atom is 0.296 e. The van der Waals surface area contributed by atoms with Gasteiger partial charge in [-0.15, -0.1) is 0 Å². The molecule has 0 atom stereocenters. The summed E-state index contributed by atoms with van der Waals surface area (Å²) in [5.74, 6) is 0. The van der Waals surface area contributed by atoms with Gasteiger partial charge in [-0.05, 0) is 65.1 Å². The van der Waals surface area contributed by atoms with E-state index in [9.17, 15) is 8.42 Å². The van der Waals surface area contributed by atoms with Gasteiger partial charge in [-0.3, -0.25) is 4.18 Å². The van der Waals surface area contributed by atoms with Crippen molar-refractivity contribution in [3.8, 4) is 0 Å². The fourth-order valence-electron chi connectivity index (χ4n) is 3.57. The molecule has 0 N–H and O–H groups in total. The molecule has 142 valence electrons. The Hall–Kier alpha value is -2.69. The molecule has 0 aliphatic carbocycles. The Labute approximate surface area is 165 Å². The van der Waals surface area contributed by atoms with Crippen molar-refractivity contribution in [1.29, 1.82) is 0 Å². The van der Waals surface area contributed by atoms with Gasteiger partial charge in [-0.1, -0.05) is 66.2 Å². The molecule has 0 saturated heterocycles. The van der Waals surface area contributed by atoms with Crippen molar-refractivity contribution in [2.75, 3.05) is 6.61 Å². The van der Waals surface area contributed by atoms with Crippen LogP contribution in [0.5, 0.6) is 0 Å². The van der Waals surface area contributed by atoms with Crippen LogP contribution in [0.2, 0.25) is 0 Å². The third kappa shape index (κ3) is 3.79. The molecule has 0 unspecified atom stereocenters. The van der Waals surface area contributed by atoms with Crippen molar-refractivity contribution in [3.05, 3.63) is 90.0 Å². The van der Waals surface area contributed by atoms with E-state index in [1.54, 1.807) is 24.3 Å². The first-order chi connectivity index (χ1) is 13.5. The van der Waals surface area contributed by atoms with E-state index in [4.69, 9.17) is 4.18 Å². The van der Waals surface area contributed by atoms with E-state index in [1.807, 2.05) is 31.2 Å². The van der Waals surface area contributed by atoms with Crippen molar-refractivity contribution in [3.63, 3.8) is 0 Å². The topological polar surface area (TPSA) is 43.4 Å². The summed E-state index contributed by atoms with van der Waals surface area (Å²) in [6.07, 6.45) is 1.38. The highest BCUT2D eigenvalue weighted by Crippen LogP contribution is 2.29. The van der Waals surface area contributed by atoms with Gasteiger partial charge >= 0.3 is 0 Å². The Balaban J connectivity index is 1.53. The minimum atomic E-state index is -3.72. The van der Waals surface area contributed by atoms with Crippen LogP contribution in [0.15, 0.2) is 83.8 Å². The molecule has 0 aliphatic heterocycles. The van der Waals surface area contributed by atoms with Gasteiger partial charge in [-0.25, -0.2) is 0 Å². The first-order valence-corrected chi connectivity index (χ1v) is 10.8. The molecule has 0 saturated carbocycles. The molecule has 0 heterocycles. The summed E-state index contributed by atoms with van der Waals surface area (Å²) in [6.45, 7) is 2.08. The Bertz CT molecular complexity index is 1170. The molecule has 0 aliphatic rings. The van der Waals surface area contributed by atoms with Gasteiger partial charge in [0.05, 0.1) is 11.5 Å². The molecule has 28 heavy (non-hydrogen) atoms. The predicted octanol–water partition coefficient (Wildman–Crippen LogP) is 5.64. The van der Waals surface area contributed by atoms with Crippen molar-refractivity contribution < 1.29 is 12.6 Å². The summed E-state index contributed by atoms with van der Waals surface area (Å²) in [7, 11) is -3.72. The summed E-state index contributed by atoms with van der Waals surface area (Å²) in [5, 5.41) is 4.82. The molecule has 4 aromatic carbocycles. The summed E-state index contributed by atoms with van der Waals surface area (Å²) in [4.78, 5) is 0.203. The monoisotopic (exact) mass is 390 g/mol. The van der Waals surface area contributed by atoms with Crippen LogP contribution in [0.3, 0.4) is 0 Å². The second kappa shape index (κ2) is 7.74. The molecule has 3 nitrogen and oxygen atoms in total. The van der Waals surface area contributed by atoms with Gasteiger partial charge in [0.15, 0.2) is 0 Å². The minimum absolute atomic E-state index is 0.160. The van der Waals surface area contributed by atoms with E-state index in [-0.39, 0.29) is 11.5 Å². The van der Waals surface area contributed by atoms with E-state index < -0.39 is 10.1 Å². The lowest BCUT2D eigenvalue weighted by Gasteiger charge is -2.12. The van der Waals surface area contributed by atoms with Gasteiger partial charge in [0, 0.05) is 0 Å². The Morgan fingerprint density at radius 2 is 1.36 bits per heavy atom. The van der Waals surface area contributed by atoms with Crippen molar-refractivity contribution in [2.45, 2.75) is 24.7 Å². The highest BCUT2D eigenvalue weighted by Gasteiger charge is 2.15. The van der Waals surface area contributed by atoms with Crippen LogP contribution in [-0.2, 0) is 20.7 Å². The molecule has 0 fully saturated rings. The number of rotatable bonds is 6. The Morgan fingerprint density at radius 1 is 0.786 bits per heavy atom. The van der Waals surface area contributed by atoms with Crippen molar-refractivity contribution >= 4 is 31.7 Å². The summed E-state index contributed by atoms with van der Waals surface area (Å²) >= 11 is 0. The highest BCUT2D eigenvalue weighted by molar-refractivity contribution is 7.86. The minimum Gasteiger partial charge on any atom is -0.266 e. The molecular formula is C24H22O3S. The maximum absolute atomic E-state index is 12.4. The average Bonchev–Trinajstić information content (AvgIpc) is 2.70. The predicted molar refractivity (Wildman–Crippen MR) is 114 cm³/mol. The highest BCUT2D eigenvalue weighted by atomic mass is 32.2. The van der Waals surface area contributed by atoms with Gasteiger partial charge in [0.1, 0.15) is 0 Å². The van der Waals surface area contributed by atoms with Crippen LogP contribution in [0.25, 0.3) is 21.5 Å². The number of fused-ring (bicyclic) bond motifs is 2. The second-order valence-corrected chi connectivity index (χ2v) is 8.61. The molecule has 0 bridgehead atoms. The third-order valence-corrected chi connectivity index (χ3v) is 6.33. The molecule has 4 heteroatoms. The van der Waals surface area contributed by atoms with E-state index in [2.05, 4.69) is 30.3 Å². The average molecular weight is 391 g/mol. The zero-order valence-corrected chi connectivity index (χ0v) is 16.6. The lowest BCUT2D eigenvalue weighted by atomic mass is 9.94. The first kappa shape index (κ1) is 18.7. The van der Waals surface area contributed by atoms with Crippen LogP contribution >= 0.6 is 0 Å². The summed E-state index contributed by atoms with van der Waals surface area (Å²) in [5.41, 5.74) is 2.26. The fourth-order valence-corrected chi connectivity index (χ4v) is 4.51. The van der Waals surface area contributed by atoms with Gasteiger partial charge < -0.3 is 0 Å². The van der Waals surface area contributed by atoms with Crippen molar-refractivity contribution in [1.82, 2.24) is 0 Å². The Morgan fingerprint density at radius 3 is 1.96 bits per heavy atom.